The van der Waals surface area contributed by atoms with Gasteiger partial charge in [-0.05, 0) is 19.3 Å². The molecule has 1 aromatic heterocycles. The van der Waals surface area contributed by atoms with Gasteiger partial charge >= 0.3 is 0 Å². The first-order chi connectivity index (χ1) is 11.8. The van der Waals surface area contributed by atoms with Crippen molar-refractivity contribution < 1.29 is 9.53 Å². The molecule has 6 heteroatoms. The number of nitrogens with one attached hydrogen (secondary N) is 1. The van der Waals surface area contributed by atoms with Gasteiger partial charge in [-0.3, -0.25) is 4.79 Å². The average Bonchev–Trinajstić information content (AvgIpc) is 3.09. The standard InChI is InChI=1S/C18H30N4O2/c1-2-3-8-22-11-6-20-18(22)15-4-9-21(10-5-15)17(23)13-16-14-24-12-7-19-16/h6,11,15-16,19H,2-5,7-10,12-14H2,1H3/t16-/m0/s1. The Balaban J connectivity index is 1.48. The Labute approximate surface area is 144 Å². The zero-order chi connectivity index (χ0) is 16.8. The molecule has 1 atom stereocenters. The fraction of sp³-hybridized carbons (Fsp3) is 0.778. The van der Waals surface area contributed by atoms with Crippen LogP contribution in [0.4, 0.5) is 0 Å². The Morgan fingerprint density at radius 3 is 2.96 bits per heavy atom. The van der Waals surface area contributed by atoms with Crippen molar-refractivity contribution in [1.82, 2.24) is 19.8 Å². The lowest BCUT2D eigenvalue weighted by atomic mass is 9.95. The van der Waals surface area contributed by atoms with Gasteiger partial charge in [0, 0.05) is 57.0 Å². The molecule has 2 aliphatic heterocycles. The van der Waals surface area contributed by atoms with Crippen LogP contribution in [0.3, 0.4) is 0 Å². The molecule has 0 unspecified atom stereocenters. The van der Waals surface area contributed by atoms with Crippen LogP contribution in [-0.4, -0.2) is 59.2 Å². The van der Waals surface area contributed by atoms with Gasteiger partial charge in [0.2, 0.25) is 5.91 Å². The third-order valence-corrected chi connectivity index (χ3v) is 5.13. The van der Waals surface area contributed by atoms with E-state index in [0.29, 0.717) is 18.9 Å². The molecule has 3 rings (SSSR count). The Hall–Kier alpha value is -1.40. The molecular formula is C18H30N4O2. The number of hydrogen-bond acceptors (Lipinski definition) is 4. The molecule has 0 radical (unpaired) electrons. The first kappa shape index (κ1) is 17.4. The summed E-state index contributed by atoms with van der Waals surface area (Å²) in [5.41, 5.74) is 0. The van der Waals surface area contributed by atoms with Crippen LogP contribution in [-0.2, 0) is 16.1 Å². The topological polar surface area (TPSA) is 59.4 Å². The number of imidazole rings is 1. The lowest BCUT2D eigenvalue weighted by Gasteiger charge is -2.33. The highest BCUT2D eigenvalue weighted by Gasteiger charge is 2.28. The van der Waals surface area contributed by atoms with Crippen LogP contribution in [0.25, 0.3) is 0 Å². The number of carbonyl (C=O) groups excluding carboxylic acids is 1. The molecule has 2 aliphatic rings. The summed E-state index contributed by atoms with van der Waals surface area (Å²) < 4.78 is 7.74. The van der Waals surface area contributed by atoms with Gasteiger partial charge in [-0.15, -0.1) is 0 Å². The number of carbonyl (C=O) groups is 1. The number of amides is 1. The van der Waals surface area contributed by atoms with Gasteiger partial charge in [0.25, 0.3) is 0 Å². The van der Waals surface area contributed by atoms with Crippen LogP contribution >= 0.6 is 0 Å². The highest BCUT2D eigenvalue weighted by molar-refractivity contribution is 5.77. The van der Waals surface area contributed by atoms with Gasteiger partial charge in [0.1, 0.15) is 5.82 Å². The summed E-state index contributed by atoms with van der Waals surface area (Å²) >= 11 is 0. The van der Waals surface area contributed by atoms with Crippen LogP contribution in [0.5, 0.6) is 0 Å². The van der Waals surface area contributed by atoms with Crippen LogP contribution in [0.2, 0.25) is 0 Å². The second-order valence-corrected chi connectivity index (χ2v) is 6.92. The molecule has 1 aromatic rings. The molecule has 2 fully saturated rings. The molecule has 1 amide bonds. The van der Waals surface area contributed by atoms with Gasteiger partial charge in [-0.2, -0.15) is 0 Å². The van der Waals surface area contributed by atoms with Crippen molar-refractivity contribution >= 4 is 5.91 Å². The Kier molecular flexibility index (Phi) is 6.26. The number of ether oxygens (including phenoxy) is 1. The van der Waals surface area contributed by atoms with Gasteiger partial charge in [-0.25, -0.2) is 4.98 Å². The fourth-order valence-corrected chi connectivity index (χ4v) is 3.68. The van der Waals surface area contributed by atoms with E-state index in [1.165, 1.54) is 18.7 Å². The van der Waals surface area contributed by atoms with E-state index in [4.69, 9.17) is 4.74 Å². The summed E-state index contributed by atoms with van der Waals surface area (Å²) in [4.78, 5) is 19.1. The number of aryl methyl sites for hydroxylation is 1. The number of unbranched alkanes of at least 4 members (excludes halogenated alkanes) is 1. The predicted octanol–water partition coefficient (Wildman–Crippen LogP) is 1.77. The maximum Gasteiger partial charge on any atom is 0.224 e. The molecule has 0 aromatic carbocycles. The second-order valence-electron chi connectivity index (χ2n) is 6.92. The Morgan fingerprint density at radius 2 is 2.25 bits per heavy atom. The normalized spacial score (nSPS) is 22.7. The number of hydrogen-bond donors (Lipinski definition) is 1. The van der Waals surface area contributed by atoms with Crippen molar-refractivity contribution in [2.45, 2.75) is 57.5 Å². The molecule has 24 heavy (non-hydrogen) atoms. The fourth-order valence-electron chi connectivity index (χ4n) is 3.68. The van der Waals surface area contributed by atoms with Gasteiger partial charge in [-0.1, -0.05) is 13.3 Å². The molecular weight excluding hydrogens is 304 g/mol. The van der Waals surface area contributed by atoms with Crippen molar-refractivity contribution in [3.8, 4) is 0 Å². The van der Waals surface area contributed by atoms with Gasteiger partial charge in [0.15, 0.2) is 0 Å². The molecule has 0 bridgehead atoms. The van der Waals surface area contributed by atoms with Crippen LogP contribution in [0.1, 0.15) is 50.8 Å². The minimum Gasteiger partial charge on any atom is -0.378 e. The van der Waals surface area contributed by atoms with E-state index < -0.39 is 0 Å². The monoisotopic (exact) mass is 334 g/mol. The zero-order valence-corrected chi connectivity index (χ0v) is 14.7. The van der Waals surface area contributed by atoms with E-state index in [1.807, 2.05) is 11.1 Å². The second kappa shape index (κ2) is 8.62. The summed E-state index contributed by atoms with van der Waals surface area (Å²) in [5, 5.41) is 3.36. The minimum atomic E-state index is 0.178. The summed E-state index contributed by atoms with van der Waals surface area (Å²) in [5.74, 6) is 1.95. The summed E-state index contributed by atoms with van der Waals surface area (Å²) in [6, 6.07) is 0.178. The maximum atomic E-state index is 12.5. The number of aromatic nitrogens is 2. The van der Waals surface area contributed by atoms with Crippen molar-refractivity contribution in [1.29, 1.82) is 0 Å². The highest BCUT2D eigenvalue weighted by atomic mass is 16.5. The van der Waals surface area contributed by atoms with E-state index >= 15 is 0 Å². The van der Waals surface area contributed by atoms with Crippen molar-refractivity contribution in [3.05, 3.63) is 18.2 Å². The first-order valence-electron chi connectivity index (χ1n) is 9.38. The summed E-state index contributed by atoms with van der Waals surface area (Å²) in [6.45, 7) is 7.21. The van der Waals surface area contributed by atoms with E-state index in [0.717, 1.165) is 45.6 Å². The summed E-state index contributed by atoms with van der Waals surface area (Å²) in [7, 11) is 0. The van der Waals surface area contributed by atoms with E-state index in [9.17, 15) is 4.79 Å². The quantitative estimate of drug-likeness (QED) is 0.861. The maximum absolute atomic E-state index is 12.5. The predicted molar refractivity (Wildman–Crippen MR) is 92.9 cm³/mol. The molecule has 1 N–H and O–H groups in total. The Bertz CT molecular complexity index is 517. The number of piperidine rings is 1. The average molecular weight is 334 g/mol. The molecule has 6 nitrogen and oxygen atoms in total. The minimum absolute atomic E-state index is 0.178. The number of morpholine rings is 1. The lowest BCUT2D eigenvalue weighted by Crippen LogP contribution is -2.46. The van der Waals surface area contributed by atoms with Crippen molar-refractivity contribution in [2.24, 2.45) is 0 Å². The van der Waals surface area contributed by atoms with Gasteiger partial charge in [0.05, 0.1) is 13.2 Å². The van der Waals surface area contributed by atoms with Crippen LogP contribution < -0.4 is 5.32 Å². The Morgan fingerprint density at radius 1 is 1.42 bits per heavy atom. The molecule has 3 heterocycles. The first-order valence-corrected chi connectivity index (χ1v) is 9.38. The van der Waals surface area contributed by atoms with Crippen LogP contribution in [0.15, 0.2) is 12.4 Å². The highest BCUT2D eigenvalue weighted by Crippen LogP contribution is 2.27. The SMILES string of the molecule is CCCCn1ccnc1C1CCN(C(=O)C[C@H]2COCCN2)CC1. The van der Waals surface area contributed by atoms with E-state index in [1.54, 1.807) is 0 Å². The number of likely N-dealkylation sites (tertiary alicyclic amines) is 1. The van der Waals surface area contributed by atoms with Crippen molar-refractivity contribution in [3.63, 3.8) is 0 Å². The molecule has 0 aliphatic carbocycles. The van der Waals surface area contributed by atoms with Crippen molar-refractivity contribution in [2.75, 3.05) is 32.8 Å². The third kappa shape index (κ3) is 4.36. The van der Waals surface area contributed by atoms with Gasteiger partial charge < -0.3 is 19.5 Å². The third-order valence-electron chi connectivity index (χ3n) is 5.13. The molecule has 2 saturated heterocycles. The molecule has 134 valence electrons. The number of rotatable bonds is 6. The summed E-state index contributed by atoms with van der Waals surface area (Å²) in [6.07, 6.45) is 8.98. The van der Waals surface area contributed by atoms with Crippen LogP contribution in [0, 0.1) is 0 Å². The molecule has 0 spiro atoms. The lowest BCUT2D eigenvalue weighted by molar-refractivity contribution is -0.133. The van der Waals surface area contributed by atoms with E-state index in [2.05, 4.69) is 28.0 Å². The molecule has 0 saturated carbocycles. The smallest absolute Gasteiger partial charge is 0.224 e. The largest absolute Gasteiger partial charge is 0.378 e. The van der Waals surface area contributed by atoms with E-state index in [-0.39, 0.29) is 11.9 Å². The number of nitrogens with zero attached hydrogens (tertiary/aromatic N) is 3. The zero-order valence-electron chi connectivity index (χ0n) is 14.7.